The van der Waals surface area contributed by atoms with E-state index >= 15 is 0 Å². The van der Waals surface area contributed by atoms with E-state index < -0.39 is 5.91 Å². The Labute approximate surface area is 183 Å². The van der Waals surface area contributed by atoms with Crippen LogP contribution in [0.4, 0.5) is 5.69 Å². The van der Waals surface area contributed by atoms with Crippen molar-refractivity contribution in [2.45, 2.75) is 6.61 Å². The number of amides is 1. The first-order valence-corrected chi connectivity index (χ1v) is 9.60. The second-order valence-corrected chi connectivity index (χ2v) is 7.06. The van der Waals surface area contributed by atoms with Gasteiger partial charge in [0.05, 0.1) is 5.02 Å². The number of hydrogen-bond donors (Lipinski definition) is 2. The van der Waals surface area contributed by atoms with Crippen molar-refractivity contribution in [3.63, 3.8) is 0 Å². The monoisotopic (exact) mass is 438 g/mol. The van der Waals surface area contributed by atoms with Crippen molar-refractivity contribution >= 4 is 40.9 Å². The number of hydrogen-bond acceptors (Lipinski definition) is 4. The number of phenols is 1. The average molecular weight is 439 g/mol. The van der Waals surface area contributed by atoms with Gasteiger partial charge in [-0.3, -0.25) is 4.79 Å². The minimum Gasteiger partial charge on any atom is -0.508 e. The maximum atomic E-state index is 12.3. The molecule has 0 heterocycles. The fourth-order valence-electron chi connectivity index (χ4n) is 2.55. The number of halogens is 2. The van der Waals surface area contributed by atoms with Gasteiger partial charge in [0.15, 0.2) is 0 Å². The lowest BCUT2D eigenvalue weighted by atomic mass is 10.1. The lowest BCUT2D eigenvalue weighted by molar-refractivity contribution is -0.112. The third kappa shape index (κ3) is 5.54. The molecule has 30 heavy (non-hydrogen) atoms. The Bertz CT molecular complexity index is 1140. The van der Waals surface area contributed by atoms with Crippen LogP contribution < -0.4 is 10.1 Å². The summed E-state index contributed by atoms with van der Waals surface area (Å²) < 4.78 is 5.72. The lowest BCUT2D eigenvalue weighted by Gasteiger charge is -2.10. The van der Waals surface area contributed by atoms with Crippen molar-refractivity contribution < 1.29 is 14.6 Å². The van der Waals surface area contributed by atoms with Crippen LogP contribution in [0, 0.1) is 11.3 Å². The van der Waals surface area contributed by atoms with Gasteiger partial charge < -0.3 is 15.2 Å². The molecule has 0 saturated carbocycles. The summed E-state index contributed by atoms with van der Waals surface area (Å²) in [5.74, 6) is -0.0327. The van der Waals surface area contributed by atoms with Crippen LogP contribution >= 0.6 is 23.2 Å². The summed E-state index contributed by atoms with van der Waals surface area (Å²) in [6, 6.07) is 20.1. The molecule has 3 rings (SSSR count). The second kappa shape index (κ2) is 9.84. The molecule has 3 aromatic carbocycles. The first-order chi connectivity index (χ1) is 14.5. The minimum atomic E-state index is -0.571. The summed E-state index contributed by atoms with van der Waals surface area (Å²) in [6.45, 7) is 0.257. The van der Waals surface area contributed by atoms with Gasteiger partial charge in [-0.15, -0.1) is 0 Å². The summed E-state index contributed by atoms with van der Waals surface area (Å²) in [4.78, 5) is 12.3. The largest absolute Gasteiger partial charge is 0.508 e. The molecule has 0 spiro atoms. The van der Waals surface area contributed by atoms with Crippen LogP contribution in [0.3, 0.4) is 0 Å². The molecular weight excluding hydrogens is 423 g/mol. The van der Waals surface area contributed by atoms with E-state index in [1.807, 2.05) is 24.3 Å². The summed E-state index contributed by atoms with van der Waals surface area (Å²) in [6.07, 6.45) is 1.43. The zero-order valence-corrected chi connectivity index (χ0v) is 17.1. The molecule has 0 aliphatic rings. The Morgan fingerprint density at radius 2 is 1.80 bits per heavy atom. The number of carbonyl (C=O) groups excluding carboxylic acids is 1. The smallest absolute Gasteiger partial charge is 0.266 e. The number of anilines is 1. The number of benzene rings is 3. The van der Waals surface area contributed by atoms with Gasteiger partial charge in [-0.2, -0.15) is 5.26 Å². The number of ether oxygens (including phenoxy) is 1. The number of nitrogens with one attached hydrogen (secondary N) is 1. The molecule has 3 aromatic rings. The normalized spacial score (nSPS) is 10.9. The van der Waals surface area contributed by atoms with Crippen LogP contribution in [0.2, 0.25) is 10.0 Å². The third-order valence-corrected chi connectivity index (χ3v) is 4.76. The highest BCUT2D eigenvalue weighted by Gasteiger charge is 2.11. The molecule has 2 N–H and O–H groups in total. The van der Waals surface area contributed by atoms with Gasteiger partial charge in [-0.1, -0.05) is 47.5 Å². The average Bonchev–Trinajstić information content (AvgIpc) is 2.74. The minimum absolute atomic E-state index is 0.0792. The molecule has 0 bridgehead atoms. The first-order valence-electron chi connectivity index (χ1n) is 8.84. The van der Waals surface area contributed by atoms with Crippen LogP contribution in [0.1, 0.15) is 11.1 Å². The van der Waals surface area contributed by atoms with Crippen LogP contribution in [-0.2, 0) is 11.4 Å². The summed E-state index contributed by atoms with van der Waals surface area (Å²) in [5.41, 5.74) is 1.77. The zero-order chi connectivity index (χ0) is 21.5. The molecule has 0 aliphatic heterocycles. The number of nitrogens with zero attached hydrogens (tertiary/aromatic N) is 1. The third-order valence-electron chi connectivity index (χ3n) is 4.10. The van der Waals surface area contributed by atoms with E-state index in [-0.39, 0.29) is 17.9 Å². The quantitative estimate of drug-likeness (QED) is 0.288. The van der Waals surface area contributed by atoms with Crippen molar-refractivity contribution in [1.29, 1.82) is 5.26 Å². The highest BCUT2D eigenvalue weighted by molar-refractivity contribution is 6.32. The van der Waals surface area contributed by atoms with Crippen LogP contribution in [0.5, 0.6) is 11.5 Å². The molecule has 0 unspecified atom stereocenters. The molecule has 0 aromatic heterocycles. The molecule has 5 nitrogen and oxygen atoms in total. The summed E-state index contributed by atoms with van der Waals surface area (Å²) in [5, 5.41) is 22.2. The van der Waals surface area contributed by atoms with Crippen LogP contribution in [0.25, 0.3) is 6.08 Å². The highest BCUT2D eigenvalue weighted by Crippen LogP contribution is 2.28. The van der Waals surface area contributed by atoms with Gasteiger partial charge in [-0.05, 0) is 54.1 Å². The van der Waals surface area contributed by atoms with Crippen molar-refractivity contribution in [3.8, 4) is 17.6 Å². The van der Waals surface area contributed by atoms with Gasteiger partial charge >= 0.3 is 0 Å². The summed E-state index contributed by atoms with van der Waals surface area (Å²) in [7, 11) is 0. The van der Waals surface area contributed by atoms with E-state index in [4.69, 9.17) is 27.9 Å². The van der Waals surface area contributed by atoms with Crippen LogP contribution in [-0.4, -0.2) is 11.0 Å². The predicted molar refractivity (Wildman–Crippen MR) is 118 cm³/mol. The van der Waals surface area contributed by atoms with E-state index in [0.717, 1.165) is 5.56 Å². The molecule has 0 radical (unpaired) electrons. The Morgan fingerprint density at radius 3 is 2.47 bits per heavy atom. The molecular formula is C23H16Cl2N2O3. The molecule has 0 aliphatic carbocycles. The van der Waals surface area contributed by atoms with Crippen molar-refractivity contribution in [2.24, 2.45) is 0 Å². The van der Waals surface area contributed by atoms with E-state index in [9.17, 15) is 15.2 Å². The van der Waals surface area contributed by atoms with Crippen molar-refractivity contribution in [1.82, 2.24) is 0 Å². The molecule has 0 saturated heterocycles. The number of carbonyl (C=O) groups is 1. The summed E-state index contributed by atoms with van der Waals surface area (Å²) >= 11 is 12.4. The van der Waals surface area contributed by atoms with Crippen LogP contribution in [0.15, 0.2) is 72.3 Å². The number of rotatable bonds is 6. The maximum Gasteiger partial charge on any atom is 0.266 e. The maximum absolute atomic E-state index is 12.3. The van der Waals surface area contributed by atoms with E-state index in [1.54, 1.807) is 24.3 Å². The van der Waals surface area contributed by atoms with Gasteiger partial charge in [0.1, 0.15) is 29.7 Å². The van der Waals surface area contributed by atoms with Gasteiger partial charge in [0.25, 0.3) is 5.91 Å². The van der Waals surface area contributed by atoms with Gasteiger partial charge in [0, 0.05) is 16.3 Å². The lowest BCUT2D eigenvalue weighted by Crippen LogP contribution is -2.13. The Balaban J connectivity index is 1.71. The molecule has 1 amide bonds. The molecule has 0 fully saturated rings. The number of aromatic hydroxyl groups is 1. The fraction of sp³-hybridized carbons (Fsp3) is 0.0435. The fourth-order valence-corrected chi connectivity index (χ4v) is 2.99. The Kier molecular flexibility index (Phi) is 6.97. The van der Waals surface area contributed by atoms with Gasteiger partial charge in [0.2, 0.25) is 0 Å². The Hall–Kier alpha value is -3.46. The first kappa shape index (κ1) is 21.3. The van der Waals surface area contributed by atoms with Crippen molar-refractivity contribution in [3.05, 3.63) is 93.5 Å². The van der Waals surface area contributed by atoms with E-state index in [1.165, 1.54) is 30.3 Å². The second-order valence-electron chi connectivity index (χ2n) is 6.24. The molecule has 7 heteroatoms. The zero-order valence-electron chi connectivity index (χ0n) is 15.6. The predicted octanol–water partition coefficient (Wildman–Crippen LogP) is 5.82. The van der Waals surface area contributed by atoms with Crippen molar-refractivity contribution in [2.75, 3.05) is 5.32 Å². The number of nitriles is 1. The molecule has 0 atom stereocenters. The SMILES string of the molecule is N#C/C(=C\c1ccc(OCc2ccccc2Cl)c(Cl)c1)C(=O)Nc1ccc(O)cc1. The standard InChI is InChI=1S/C23H16Cl2N2O3/c24-20-4-2-1-3-16(20)14-30-22-10-5-15(12-21(22)25)11-17(13-26)23(29)27-18-6-8-19(28)9-7-18/h1-12,28H,14H2,(H,27,29)/b17-11+. The topological polar surface area (TPSA) is 82.3 Å². The van der Waals surface area contributed by atoms with Gasteiger partial charge in [-0.25, -0.2) is 0 Å². The van der Waals surface area contributed by atoms with E-state index in [0.29, 0.717) is 27.0 Å². The highest BCUT2D eigenvalue weighted by atomic mass is 35.5. The van der Waals surface area contributed by atoms with E-state index in [2.05, 4.69) is 5.32 Å². The number of phenolic OH excluding ortho intramolecular Hbond substituents is 1. The molecule has 150 valence electrons. The Morgan fingerprint density at radius 1 is 1.07 bits per heavy atom.